The predicted molar refractivity (Wildman–Crippen MR) is 75.3 cm³/mol. The van der Waals surface area contributed by atoms with Crippen molar-refractivity contribution in [3.8, 4) is 0 Å². The van der Waals surface area contributed by atoms with Crippen molar-refractivity contribution in [2.24, 2.45) is 5.41 Å². The van der Waals surface area contributed by atoms with Crippen molar-refractivity contribution in [3.05, 3.63) is 0 Å². The molecule has 0 aliphatic carbocycles. The molecule has 0 saturated carbocycles. The lowest BCUT2D eigenvalue weighted by molar-refractivity contribution is -0.129. The maximum Gasteiger partial charge on any atom is 0.155 e. The van der Waals surface area contributed by atoms with Gasteiger partial charge in [-0.3, -0.25) is 4.79 Å². The summed E-state index contributed by atoms with van der Waals surface area (Å²) in [6, 6.07) is 0.00144. The van der Waals surface area contributed by atoms with Gasteiger partial charge in [-0.2, -0.15) is 0 Å². The van der Waals surface area contributed by atoms with Crippen LogP contribution in [0.15, 0.2) is 0 Å². The Labute approximate surface area is 108 Å². The second-order valence-corrected chi connectivity index (χ2v) is 7.06. The average Bonchev–Trinajstić information content (AvgIpc) is 2.12. The van der Waals surface area contributed by atoms with E-state index >= 15 is 0 Å². The lowest BCUT2D eigenvalue weighted by atomic mass is 9.84. The second kappa shape index (κ2) is 6.53. The topological polar surface area (TPSA) is 29.1 Å². The van der Waals surface area contributed by atoms with E-state index in [4.69, 9.17) is 0 Å². The van der Waals surface area contributed by atoms with Gasteiger partial charge < -0.3 is 5.32 Å². The molecule has 0 bridgehead atoms. The highest BCUT2D eigenvalue weighted by atomic mass is 16.1. The molecule has 0 aliphatic rings. The highest BCUT2D eigenvalue weighted by molar-refractivity contribution is 5.88. The lowest BCUT2D eigenvalue weighted by Crippen LogP contribution is -2.50. The van der Waals surface area contributed by atoms with Gasteiger partial charge in [0.2, 0.25) is 0 Å². The molecule has 102 valence electrons. The zero-order valence-electron chi connectivity index (χ0n) is 12.8. The van der Waals surface area contributed by atoms with Crippen LogP contribution in [0.4, 0.5) is 0 Å². The number of nitrogens with one attached hydrogen (secondary N) is 1. The fourth-order valence-corrected chi connectivity index (χ4v) is 1.91. The summed E-state index contributed by atoms with van der Waals surface area (Å²) >= 11 is 0. The average molecular weight is 241 g/mol. The first-order valence-electron chi connectivity index (χ1n) is 6.90. The number of hydrogen-bond donors (Lipinski definition) is 1. The van der Waals surface area contributed by atoms with Gasteiger partial charge in [0.15, 0.2) is 5.78 Å². The third-order valence-electron chi connectivity index (χ3n) is 2.76. The van der Waals surface area contributed by atoms with E-state index in [-0.39, 0.29) is 17.0 Å². The summed E-state index contributed by atoms with van der Waals surface area (Å²) in [5, 5.41) is 3.47. The molecular formula is C15H31NO. The van der Waals surface area contributed by atoms with Crippen LogP contribution in [0.2, 0.25) is 0 Å². The molecule has 17 heavy (non-hydrogen) atoms. The standard InChI is InChI=1S/C15H31NO/c1-8-9-10-11-12(16-15(5,6)7)13(17)14(2,3)4/h12,16H,8-11H2,1-7H3. The summed E-state index contributed by atoms with van der Waals surface area (Å²) in [6.45, 7) is 14.6. The molecule has 0 rings (SSSR count). The number of rotatable bonds is 6. The van der Waals surface area contributed by atoms with E-state index in [1.165, 1.54) is 12.8 Å². The molecule has 0 aliphatic heterocycles. The summed E-state index contributed by atoms with van der Waals surface area (Å²) in [5.74, 6) is 0.337. The van der Waals surface area contributed by atoms with Crippen molar-refractivity contribution in [2.75, 3.05) is 0 Å². The van der Waals surface area contributed by atoms with Gasteiger partial charge in [0.05, 0.1) is 6.04 Å². The highest BCUT2D eigenvalue weighted by Crippen LogP contribution is 2.21. The van der Waals surface area contributed by atoms with Gasteiger partial charge in [0, 0.05) is 11.0 Å². The Morgan fingerprint density at radius 3 is 1.94 bits per heavy atom. The molecule has 1 atom stereocenters. The smallest absolute Gasteiger partial charge is 0.155 e. The molecule has 0 heterocycles. The third kappa shape index (κ3) is 7.54. The molecule has 0 radical (unpaired) electrons. The maximum absolute atomic E-state index is 12.4. The summed E-state index contributed by atoms with van der Waals surface area (Å²) in [6.07, 6.45) is 4.50. The largest absolute Gasteiger partial charge is 0.303 e. The Bertz CT molecular complexity index is 232. The van der Waals surface area contributed by atoms with Crippen LogP contribution in [-0.2, 0) is 4.79 Å². The molecule has 1 unspecified atom stereocenters. The van der Waals surface area contributed by atoms with Gasteiger partial charge in [-0.1, -0.05) is 47.0 Å². The molecule has 1 N–H and O–H groups in total. The zero-order valence-corrected chi connectivity index (χ0v) is 12.8. The zero-order chi connectivity index (χ0) is 13.7. The summed E-state index contributed by atoms with van der Waals surface area (Å²) in [7, 11) is 0. The van der Waals surface area contributed by atoms with Gasteiger partial charge in [0.25, 0.3) is 0 Å². The monoisotopic (exact) mass is 241 g/mol. The first kappa shape index (κ1) is 16.6. The van der Waals surface area contributed by atoms with Crippen molar-refractivity contribution in [1.82, 2.24) is 5.32 Å². The lowest BCUT2D eigenvalue weighted by Gasteiger charge is -2.31. The Kier molecular flexibility index (Phi) is 6.39. The van der Waals surface area contributed by atoms with E-state index in [0.29, 0.717) is 5.78 Å². The normalized spacial score (nSPS) is 14.8. The first-order valence-corrected chi connectivity index (χ1v) is 6.90. The Morgan fingerprint density at radius 2 is 1.59 bits per heavy atom. The number of carbonyl (C=O) groups excluding carboxylic acids is 1. The number of hydrogen-bond acceptors (Lipinski definition) is 2. The Hall–Kier alpha value is -0.370. The van der Waals surface area contributed by atoms with E-state index in [1.807, 2.05) is 20.8 Å². The molecule has 0 fully saturated rings. The number of carbonyl (C=O) groups is 1. The van der Waals surface area contributed by atoms with E-state index in [0.717, 1.165) is 12.8 Å². The van der Waals surface area contributed by atoms with Gasteiger partial charge in [-0.15, -0.1) is 0 Å². The van der Waals surface area contributed by atoms with Crippen molar-refractivity contribution >= 4 is 5.78 Å². The van der Waals surface area contributed by atoms with E-state index in [1.54, 1.807) is 0 Å². The van der Waals surface area contributed by atoms with Crippen molar-refractivity contribution < 1.29 is 4.79 Å². The minimum Gasteiger partial charge on any atom is -0.303 e. The van der Waals surface area contributed by atoms with Crippen LogP contribution in [0, 0.1) is 5.41 Å². The number of ketones is 1. The van der Waals surface area contributed by atoms with Gasteiger partial charge in [-0.05, 0) is 27.2 Å². The molecule has 0 aromatic rings. The summed E-state index contributed by atoms with van der Waals surface area (Å²) in [4.78, 5) is 12.4. The van der Waals surface area contributed by atoms with Crippen LogP contribution >= 0.6 is 0 Å². The maximum atomic E-state index is 12.4. The van der Waals surface area contributed by atoms with Crippen LogP contribution in [0.25, 0.3) is 0 Å². The summed E-state index contributed by atoms with van der Waals surface area (Å²) in [5.41, 5.74) is -0.257. The van der Waals surface area contributed by atoms with Crippen LogP contribution in [-0.4, -0.2) is 17.4 Å². The van der Waals surface area contributed by atoms with E-state index in [2.05, 4.69) is 33.0 Å². The highest BCUT2D eigenvalue weighted by Gasteiger charge is 2.31. The van der Waals surface area contributed by atoms with Crippen LogP contribution in [0.3, 0.4) is 0 Å². The molecule has 0 aromatic carbocycles. The molecule has 0 amide bonds. The van der Waals surface area contributed by atoms with Gasteiger partial charge in [0.1, 0.15) is 0 Å². The number of unbranched alkanes of at least 4 members (excludes halogenated alkanes) is 2. The summed E-state index contributed by atoms with van der Waals surface area (Å²) < 4.78 is 0. The number of Topliss-reactive ketones (excluding diaryl/α,β-unsaturated/α-hetero) is 1. The molecule has 2 nitrogen and oxygen atoms in total. The second-order valence-electron chi connectivity index (χ2n) is 7.06. The Balaban J connectivity index is 4.56. The van der Waals surface area contributed by atoms with Crippen LogP contribution in [0.1, 0.15) is 74.1 Å². The fraction of sp³-hybridized carbons (Fsp3) is 0.933. The predicted octanol–water partition coefficient (Wildman–Crippen LogP) is 3.94. The minimum atomic E-state index is -0.255. The van der Waals surface area contributed by atoms with Gasteiger partial charge >= 0.3 is 0 Å². The van der Waals surface area contributed by atoms with Gasteiger partial charge in [-0.25, -0.2) is 0 Å². The molecular weight excluding hydrogens is 210 g/mol. The van der Waals surface area contributed by atoms with E-state index < -0.39 is 0 Å². The molecule has 0 saturated heterocycles. The quantitative estimate of drug-likeness (QED) is 0.714. The SMILES string of the molecule is CCCCCC(NC(C)(C)C)C(=O)C(C)(C)C. The van der Waals surface area contributed by atoms with Crippen molar-refractivity contribution in [2.45, 2.75) is 85.7 Å². The fourth-order valence-electron chi connectivity index (χ4n) is 1.91. The van der Waals surface area contributed by atoms with Crippen molar-refractivity contribution in [3.63, 3.8) is 0 Å². The Morgan fingerprint density at radius 1 is 1.06 bits per heavy atom. The van der Waals surface area contributed by atoms with E-state index in [9.17, 15) is 4.79 Å². The van der Waals surface area contributed by atoms with Crippen molar-refractivity contribution in [1.29, 1.82) is 0 Å². The molecule has 0 spiro atoms. The third-order valence-corrected chi connectivity index (χ3v) is 2.76. The van der Waals surface area contributed by atoms with Crippen LogP contribution in [0.5, 0.6) is 0 Å². The molecule has 0 aromatic heterocycles. The first-order chi connectivity index (χ1) is 7.58. The molecule has 2 heteroatoms. The minimum absolute atomic E-state index is 0.00144. The van der Waals surface area contributed by atoms with Crippen LogP contribution < -0.4 is 5.32 Å².